The third-order valence-electron chi connectivity index (χ3n) is 2.39. The molecule has 0 unspecified atom stereocenters. The number of carbonyl (C=O) groups excluding carboxylic acids is 1. The number of methoxy groups -OCH3 is 1. The lowest BCUT2D eigenvalue weighted by Crippen LogP contribution is -2.15. The third-order valence-corrected chi connectivity index (χ3v) is 3.03. The SMILES string of the molecule is COc1cccc(F)c1C(=O)Nc1ccc(I)cn1. The highest BCUT2D eigenvalue weighted by Gasteiger charge is 2.17. The van der Waals surface area contributed by atoms with Crippen LogP contribution >= 0.6 is 22.6 Å². The quantitative estimate of drug-likeness (QED) is 0.843. The van der Waals surface area contributed by atoms with Gasteiger partial charge in [0.1, 0.15) is 22.9 Å². The van der Waals surface area contributed by atoms with Crippen molar-refractivity contribution < 1.29 is 13.9 Å². The smallest absolute Gasteiger partial charge is 0.263 e. The number of nitrogens with zero attached hydrogens (tertiary/aromatic N) is 1. The lowest BCUT2D eigenvalue weighted by molar-refractivity contribution is 0.101. The molecule has 0 aliphatic rings. The number of aromatic nitrogens is 1. The van der Waals surface area contributed by atoms with E-state index in [1.54, 1.807) is 18.3 Å². The largest absolute Gasteiger partial charge is 0.496 e. The van der Waals surface area contributed by atoms with Crippen LogP contribution in [0.1, 0.15) is 10.4 Å². The number of pyridine rings is 1. The van der Waals surface area contributed by atoms with Gasteiger partial charge < -0.3 is 10.1 Å². The molecule has 0 saturated heterocycles. The predicted octanol–water partition coefficient (Wildman–Crippen LogP) is 3.09. The standard InChI is InChI=1S/C13H10FIN2O2/c1-19-10-4-2-3-9(14)12(10)13(18)17-11-6-5-8(15)7-16-11/h2-7H,1H3,(H,16,17,18). The van der Waals surface area contributed by atoms with E-state index in [1.807, 2.05) is 0 Å². The number of hydrogen-bond donors (Lipinski definition) is 1. The highest BCUT2D eigenvalue weighted by atomic mass is 127. The highest BCUT2D eigenvalue weighted by Crippen LogP contribution is 2.22. The van der Waals surface area contributed by atoms with Crippen LogP contribution in [-0.2, 0) is 0 Å². The zero-order valence-corrected chi connectivity index (χ0v) is 12.1. The number of nitrogens with one attached hydrogen (secondary N) is 1. The Balaban J connectivity index is 2.27. The molecule has 4 nitrogen and oxygen atoms in total. The Hall–Kier alpha value is -1.70. The van der Waals surface area contributed by atoms with Gasteiger partial charge in [-0.25, -0.2) is 9.37 Å². The maximum absolute atomic E-state index is 13.7. The van der Waals surface area contributed by atoms with Crippen molar-refractivity contribution in [2.45, 2.75) is 0 Å². The third kappa shape index (κ3) is 3.19. The number of hydrogen-bond acceptors (Lipinski definition) is 3. The Bertz CT molecular complexity index is 602. The molecule has 2 aromatic rings. The van der Waals surface area contributed by atoms with Gasteiger partial charge in [0, 0.05) is 9.77 Å². The van der Waals surface area contributed by atoms with Crippen molar-refractivity contribution in [2.75, 3.05) is 12.4 Å². The molecule has 19 heavy (non-hydrogen) atoms. The van der Waals surface area contributed by atoms with Crippen LogP contribution in [-0.4, -0.2) is 18.0 Å². The minimum atomic E-state index is -0.637. The van der Waals surface area contributed by atoms with Gasteiger partial charge in [-0.2, -0.15) is 0 Å². The minimum absolute atomic E-state index is 0.134. The van der Waals surface area contributed by atoms with Crippen LogP contribution in [0.5, 0.6) is 5.75 Å². The summed E-state index contributed by atoms with van der Waals surface area (Å²) in [7, 11) is 1.38. The van der Waals surface area contributed by atoms with E-state index < -0.39 is 11.7 Å². The molecule has 0 aliphatic carbocycles. The normalized spacial score (nSPS) is 10.1. The van der Waals surface area contributed by atoms with Crippen molar-refractivity contribution in [1.29, 1.82) is 0 Å². The van der Waals surface area contributed by atoms with E-state index in [4.69, 9.17) is 4.74 Å². The highest BCUT2D eigenvalue weighted by molar-refractivity contribution is 14.1. The average molecular weight is 372 g/mol. The Labute approximate surface area is 123 Å². The van der Waals surface area contributed by atoms with Crippen molar-refractivity contribution in [3.8, 4) is 5.75 Å². The van der Waals surface area contributed by atoms with Gasteiger partial charge >= 0.3 is 0 Å². The Morgan fingerprint density at radius 3 is 2.79 bits per heavy atom. The van der Waals surface area contributed by atoms with Gasteiger partial charge in [-0.1, -0.05) is 6.07 Å². The first-order valence-corrected chi connectivity index (χ1v) is 6.45. The van der Waals surface area contributed by atoms with Crippen LogP contribution < -0.4 is 10.1 Å². The molecule has 2 rings (SSSR count). The van der Waals surface area contributed by atoms with Crippen molar-refractivity contribution in [3.63, 3.8) is 0 Å². The lowest BCUT2D eigenvalue weighted by Gasteiger charge is -2.09. The summed E-state index contributed by atoms with van der Waals surface area (Å²) >= 11 is 2.10. The second-order valence-corrected chi connectivity index (χ2v) is 4.88. The molecule has 1 N–H and O–H groups in total. The van der Waals surface area contributed by atoms with Crippen molar-refractivity contribution in [1.82, 2.24) is 4.98 Å². The molecule has 0 radical (unpaired) electrons. The molecule has 6 heteroatoms. The fraction of sp³-hybridized carbons (Fsp3) is 0.0769. The minimum Gasteiger partial charge on any atom is -0.496 e. The van der Waals surface area contributed by atoms with Gasteiger partial charge in [-0.15, -0.1) is 0 Å². The average Bonchev–Trinajstić information content (AvgIpc) is 2.40. The topological polar surface area (TPSA) is 51.2 Å². The van der Waals surface area contributed by atoms with Crippen molar-refractivity contribution >= 4 is 34.3 Å². The maximum Gasteiger partial charge on any atom is 0.263 e. The van der Waals surface area contributed by atoms with Crippen LogP contribution in [0.15, 0.2) is 36.5 Å². The molecule has 1 aromatic carbocycles. The summed E-state index contributed by atoms with van der Waals surface area (Å²) in [5, 5.41) is 2.53. The number of halogens is 2. The number of anilines is 1. The lowest BCUT2D eigenvalue weighted by atomic mass is 10.1. The molecular weight excluding hydrogens is 362 g/mol. The molecular formula is C13H10FIN2O2. The monoisotopic (exact) mass is 372 g/mol. The van der Waals surface area contributed by atoms with E-state index in [-0.39, 0.29) is 11.3 Å². The summed E-state index contributed by atoms with van der Waals surface area (Å²) in [4.78, 5) is 16.1. The molecule has 1 amide bonds. The zero-order valence-electron chi connectivity index (χ0n) is 9.98. The first kappa shape index (κ1) is 13.7. The fourth-order valence-corrected chi connectivity index (χ4v) is 1.84. The summed E-state index contributed by atoms with van der Waals surface area (Å²) in [6.45, 7) is 0. The van der Waals surface area contributed by atoms with E-state index in [9.17, 15) is 9.18 Å². The first-order chi connectivity index (χ1) is 9.11. The van der Waals surface area contributed by atoms with Crippen LogP contribution in [0.3, 0.4) is 0 Å². The van der Waals surface area contributed by atoms with Gasteiger partial charge in [-0.3, -0.25) is 4.79 Å². The van der Waals surface area contributed by atoms with Gasteiger partial charge in [-0.05, 0) is 46.9 Å². The molecule has 1 heterocycles. The molecule has 0 fully saturated rings. The summed E-state index contributed by atoms with van der Waals surface area (Å²) in [5.41, 5.74) is -0.134. The summed E-state index contributed by atoms with van der Waals surface area (Å²) in [6.07, 6.45) is 1.61. The molecule has 0 bridgehead atoms. The second kappa shape index (κ2) is 5.96. The van der Waals surface area contributed by atoms with Crippen LogP contribution in [0, 0.1) is 9.39 Å². The maximum atomic E-state index is 13.7. The van der Waals surface area contributed by atoms with E-state index in [1.165, 1.54) is 25.3 Å². The van der Waals surface area contributed by atoms with Crippen LogP contribution in [0.2, 0.25) is 0 Å². The van der Waals surface area contributed by atoms with Gasteiger partial charge in [0.25, 0.3) is 5.91 Å². The van der Waals surface area contributed by atoms with Crippen molar-refractivity contribution in [2.24, 2.45) is 0 Å². The summed E-state index contributed by atoms with van der Waals surface area (Å²) in [5.74, 6) is -0.690. The Morgan fingerprint density at radius 1 is 1.37 bits per heavy atom. The van der Waals surface area contributed by atoms with E-state index >= 15 is 0 Å². The number of rotatable bonds is 3. The number of carbonyl (C=O) groups is 1. The predicted molar refractivity (Wildman–Crippen MR) is 77.9 cm³/mol. The molecule has 98 valence electrons. The second-order valence-electron chi connectivity index (χ2n) is 3.63. The molecule has 0 spiro atoms. The van der Waals surface area contributed by atoms with E-state index in [0.717, 1.165) is 3.57 Å². The summed E-state index contributed by atoms with van der Waals surface area (Å²) in [6, 6.07) is 7.65. The summed E-state index contributed by atoms with van der Waals surface area (Å²) < 4.78 is 19.6. The molecule has 0 aliphatic heterocycles. The Morgan fingerprint density at radius 2 is 2.16 bits per heavy atom. The molecule has 0 atom stereocenters. The zero-order chi connectivity index (χ0) is 13.8. The van der Waals surface area contributed by atoms with Crippen LogP contribution in [0.4, 0.5) is 10.2 Å². The van der Waals surface area contributed by atoms with Gasteiger partial charge in [0.2, 0.25) is 0 Å². The fourth-order valence-electron chi connectivity index (χ4n) is 1.52. The number of ether oxygens (including phenoxy) is 1. The molecule has 0 saturated carbocycles. The Kier molecular flexibility index (Phi) is 4.31. The van der Waals surface area contributed by atoms with Crippen LogP contribution in [0.25, 0.3) is 0 Å². The number of benzene rings is 1. The molecule has 1 aromatic heterocycles. The van der Waals surface area contributed by atoms with E-state index in [2.05, 4.69) is 32.9 Å². The first-order valence-electron chi connectivity index (χ1n) is 5.37. The van der Waals surface area contributed by atoms with Crippen molar-refractivity contribution in [3.05, 3.63) is 51.5 Å². The van der Waals surface area contributed by atoms with Gasteiger partial charge in [0.05, 0.1) is 7.11 Å². The van der Waals surface area contributed by atoms with Gasteiger partial charge in [0.15, 0.2) is 0 Å². The number of amides is 1. The van der Waals surface area contributed by atoms with E-state index in [0.29, 0.717) is 5.82 Å².